The van der Waals surface area contributed by atoms with Gasteiger partial charge in [0.05, 0.1) is 6.10 Å². The van der Waals surface area contributed by atoms with E-state index in [9.17, 15) is 5.11 Å². The summed E-state index contributed by atoms with van der Waals surface area (Å²) in [4.78, 5) is 0. The average Bonchev–Trinajstić information content (AvgIpc) is 2.41. The lowest BCUT2D eigenvalue weighted by atomic mass is 10.0. The zero-order valence-electron chi connectivity index (χ0n) is 6.97. The van der Waals surface area contributed by atoms with Crippen LogP contribution in [-0.4, -0.2) is 5.11 Å². The topological polar surface area (TPSA) is 20.2 Å². The molecule has 1 aromatic rings. The molecule has 64 valence electrons. The lowest BCUT2D eigenvalue weighted by Gasteiger charge is -2.09. The second-order valence-corrected chi connectivity index (χ2v) is 4.15. The third-order valence-corrected chi connectivity index (χ3v) is 3.42. The maximum atomic E-state index is 9.67. The van der Waals surface area contributed by atoms with Gasteiger partial charge in [0.25, 0.3) is 0 Å². The highest BCUT2D eigenvalue weighted by atomic mass is 79.9. The van der Waals surface area contributed by atoms with Gasteiger partial charge >= 0.3 is 0 Å². The van der Waals surface area contributed by atoms with Crippen LogP contribution in [-0.2, 0) is 6.42 Å². The highest BCUT2D eigenvalue weighted by Gasteiger charge is 2.22. The van der Waals surface area contributed by atoms with E-state index < -0.39 is 0 Å². The Bertz CT molecular complexity index is 320. The third-order valence-electron chi connectivity index (χ3n) is 2.56. The zero-order chi connectivity index (χ0) is 8.72. The van der Waals surface area contributed by atoms with Gasteiger partial charge in [0.15, 0.2) is 0 Å². The third kappa shape index (κ3) is 1.10. The highest BCUT2D eigenvalue weighted by molar-refractivity contribution is 9.10. The molecule has 1 atom stereocenters. The molecule has 0 heterocycles. The van der Waals surface area contributed by atoms with Crippen molar-refractivity contribution in [1.82, 2.24) is 0 Å². The summed E-state index contributed by atoms with van der Waals surface area (Å²) < 4.78 is 1.10. The van der Waals surface area contributed by atoms with Crippen LogP contribution in [0.15, 0.2) is 16.6 Å². The molecule has 0 saturated carbocycles. The van der Waals surface area contributed by atoms with Gasteiger partial charge in [0, 0.05) is 4.47 Å². The van der Waals surface area contributed by atoms with Crippen molar-refractivity contribution in [3.8, 4) is 0 Å². The highest BCUT2D eigenvalue weighted by Crippen LogP contribution is 2.36. The van der Waals surface area contributed by atoms with E-state index in [1.807, 2.05) is 0 Å². The summed E-state index contributed by atoms with van der Waals surface area (Å²) in [5, 5.41) is 9.67. The Kier molecular flexibility index (Phi) is 1.97. The Morgan fingerprint density at radius 3 is 3.00 bits per heavy atom. The van der Waals surface area contributed by atoms with Crippen molar-refractivity contribution >= 4 is 15.9 Å². The average molecular weight is 227 g/mol. The molecule has 0 saturated heterocycles. The Morgan fingerprint density at radius 1 is 1.50 bits per heavy atom. The van der Waals surface area contributed by atoms with Crippen molar-refractivity contribution in [2.75, 3.05) is 0 Å². The zero-order valence-corrected chi connectivity index (χ0v) is 8.56. The minimum atomic E-state index is -0.238. The number of halogens is 1. The van der Waals surface area contributed by atoms with Gasteiger partial charge in [-0.25, -0.2) is 0 Å². The summed E-state index contributed by atoms with van der Waals surface area (Å²) in [6.45, 7) is 2.05. The van der Waals surface area contributed by atoms with Crippen molar-refractivity contribution in [3.63, 3.8) is 0 Å². The van der Waals surface area contributed by atoms with Crippen LogP contribution in [0.1, 0.15) is 29.2 Å². The van der Waals surface area contributed by atoms with Crippen LogP contribution in [0.4, 0.5) is 0 Å². The van der Waals surface area contributed by atoms with Crippen molar-refractivity contribution in [1.29, 1.82) is 0 Å². The predicted molar refractivity (Wildman–Crippen MR) is 52.2 cm³/mol. The van der Waals surface area contributed by atoms with Crippen LogP contribution in [0.5, 0.6) is 0 Å². The maximum absolute atomic E-state index is 9.67. The first kappa shape index (κ1) is 8.27. The summed E-state index contributed by atoms with van der Waals surface area (Å²) in [7, 11) is 0. The van der Waals surface area contributed by atoms with Crippen molar-refractivity contribution in [3.05, 3.63) is 33.3 Å². The van der Waals surface area contributed by atoms with Gasteiger partial charge in [-0.2, -0.15) is 0 Å². The van der Waals surface area contributed by atoms with Gasteiger partial charge in [-0.1, -0.05) is 22.0 Å². The fraction of sp³-hybridized carbons (Fsp3) is 0.400. The summed E-state index contributed by atoms with van der Waals surface area (Å²) in [6.07, 6.45) is 1.66. The molecule has 2 rings (SSSR count). The number of aliphatic hydroxyl groups is 1. The number of hydrogen-bond donors (Lipinski definition) is 1. The van der Waals surface area contributed by atoms with E-state index in [4.69, 9.17) is 0 Å². The lowest BCUT2D eigenvalue weighted by molar-refractivity contribution is 0.179. The van der Waals surface area contributed by atoms with Crippen LogP contribution in [0, 0.1) is 6.92 Å². The molecule has 12 heavy (non-hydrogen) atoms. The number of hydrogen-bond acceptors (Lipinski definition) is 1. The van der Waals surface area contributed by atoms with Crippen LogP contribution >= 0.6 is 15.9 Å². The molecule has 0 amide bonds. The molecule has 0 radical (unpaired) electrons. The van der Waals surface area contributed by atoms with Crippen molar-refractivity contribution < 1.29 is 5.11 Å². The molecule has 1 aromatic carbocycles. The van der Waals surface area contributed by atoms with E-state index in [-0.39, 0.29) is 6.10 Å². The largest absolute Gasteiger partial charge is 0.388 e. The van der Waals surface area contributed by atoms with Crippen molar-refractivity contribution in [2.24, 2.45) is 0 Å². The fourth-order valence-electron chi connectivity index (χ4n) is 1.88. The fourth-order valence-corrected chi connectivity index (χ4v) is 2.22. The second kappa shape index (κ2) is 2.86. The molecular formula is C10H11BrO. The van der Waals surface area contributed by atoms with E-state index >= 15 is 0 Å². The van der Waals surface area contributed by atoms with Gasteiger partial charge in [-0.3, -0.25) is 0 Å². The summed E-state index contributed by atoms with van der Waals surface area (Å²) in [5.74, 6) is 0. The first-order valence-corrected chi connectivity index (χ1v) is 4.95. The lowest BCUT2D eigenvalue weighted by Crippen LogP contribution is -1.94. The first-order chi connectivity index (χ1) is 5.70. The van der Waals surface area contributed by atoms with Gasteiger partial charge in [-0.05, 0) is 42.5 Å². The number of rotatable bonds is 0. The number of aryl methyl sites for hydroxylation is 1. The second-order valence-electron chi connectivity index (χ2n) is 3.30. The Labute approximate surface area is 80.5 Å². The van der Waals surface area contributed by atoms with Gasteiger partial charge in [0.2, 0.25) is 0 Å². The number of fused-ring (bicyclic) bond motifs is 1. The van der Waals surface area contributed by atoms with Crippen LogP contribution in [0.3, 0.4) is 0 Å². The molecule has 1 nitrogen and oxygen atoms in total. The maximum Gasteiger partial charge on any atom is 0.0798 e. The van der Waals surface area contributed by atoms with E-state index in [1.165, 1.54) is 11.1 Å². The minimum absolute atomic E-state index is 0.238. The molecule has 0 spiro atoms. The molecule has 2 heteroatoms. The molecular weight excluding hydrogens is 216 g/mol. The molecule has 0 aliphatic heterocycles. The molecule has 1 aliphatic carbocycles. The molecule has 0 bridgehead atoms. The molecule has 1 aliphatic rings. The van der Waals surface area contributed by atoms with Gasteiger partial charge in [0.1, 0.15) is 0 Å². The Balaban J connectivity index is 2.63. The number of benzene rings is 1. The normalized spacial score (nSPS) is 21.1. The summed E-state index contributed by atoms with van der Waals surface area (Å²) in [5.41, 5.74) is 3.64. The SMILES string of the molecule is Cc1c(Br)ccc2c1C(O)CC2. The first-order valence-electron chi connectivity index (χ1n) is 4.16. The summed E-state index contributed by atoms with van der Waals surface area (Å²) >= 11 is 3.47. The minimum Gasteiger partial charge on any atom is -0.388 e. The Morgan fingerprint density at radius 2 is 2.25 bits per heavy atom. The van der Waals surface area contributed by atoms with E-state index in [0.717, 1.165) is 22.9 Å². The van der Waals surface area contributed by atoms with Gasteiger partial charge in [-0.15, -0.1) is 0 Å². The molecule has 0 fully saturated rings. The van der Waals surface area contributed by atoms with Crippen molar-refractivity contribution in [2.45, 2.75) is 25.9 Å². The van der Waals surface area contributed by atoms with Gasteiger partial charge < -0.3 is 5.11 Å². The standard InChI is InChI=1S/C10H11BrO/c1-6-8(11)4-2-7-3-5-9(12)10(6)7/h2,4,9,12H,3,5H2,1H3. The van der Waals surface area contributed by atoms with E-state index in [1.54, 1.807) is 0 Å². The smallest absolute Gasteiger partial charge is 0.0798 e. The van der Waals surface area contributed by atoms with Crippen LogP contribution < -0.4 is 0 Å². The van der Waals surface area contributed by atoms with Crippen LogP contribution in [0.2, 0.25) is 0 Å². The van der Waals surface area contributed by atoms with E-state index in [0.29, 0.717) is 0 Å². The summed E-state index contributed by atoms with van der Waals surface area (Å²) in [6, 6.07) is 4.16. The Hall–Kier alpha value is -0.340. The predicted octanol–water partition coefficient (Wildman–Crippen LogP) is 2.74. The molecule has 0 aromatic heterocycles. The quantitative estimate of drug-likeness (QED) is 0.722. The molecule has 1 unspecified atom stereocenters. The van der Waals surface area contributed by atoms with Crippen LogP contribution in [0.25, 0.3) is 0 Å². The van der Waals surface area contributed by atoms with E-state index in [2.05, 4.69) is 35.0 Å². The molecule has 1 N–H and O–H groups in total. The number of aliphatic hydroxyl groups excluding tert-OH is 1. The monoisotopic (exact) mass is 226 g/mol.